The molecule has 2 N–H and O–H groups in total. The Hall–Kier alpha value is -2.36. The summed E-state index contributed by atoms with van der Waals surface area (Å²) in [6.07, 6.45) is 3.99. The molecule has 2 aromatic carbocycles. The fourth-order valence-corrected chi connectivity index (χ4v) is 2.92. The number of nitrogens with zero attached hydrogens (tertiary/aromatic N) is 1. The van der Waals surface area contributed by atoms with Gasteiger partial charge in [0.2, 0.25) is 0 Å². The molecule has 0 radical (unpaired) electrons. The molecule has 3 aromatic rings. The molecule has 3 rings (SSSR count). The summed E-state index contributed by atoms with van der Waals surface area (Å²) in [6.45, 7) is 2.71. The minimum Gasteiger partial charge on any atom is -0.367 e. The largest absolute Gasteiger partial charge is 0.367 e. The topological polar surface area (TPSA) is 31.1 Å². The second-order valence-electron chi connectivity index (χ2n) is 6.41. The van der Waals surface area contributed by atoms with E-state index in [0.717, 1.165) is 19.6 Å². The van der Waals surface area contributed by atoms with Crippen LogP contribution in [0.4, 0.5) is 0 Å². The number of rotatable bonds is 7. The van der Waals surface area contributed by atoms with Crippen molar-refractivity contribution in [3.05, 3.63) is 83.7 Å². The Labute approximate surface area is 144 Å². The predicted octanol–water partition coefficient (Wildman–Crippen LogP) is 4.03. The lowest BCUT2D eigenvalue weighted by molar-refractivity contribution is 0.402. The van der Waals surface area contributed by atoms with Gasteiger partial charge in [-0.25, -0.2) is 0 Å². The van der Waals surface area contributed by atoms with Crippen molar-refractivity contribution in [2.75, 3.05) is 14.1 Å². The maximum Gasteiger partial charge on any atom is 0.0227 e. The molecule has 1 aromatic heterocycles. The first kappa shape index (κ1) is 16.5. The van der Waals surface area contributed by atoms with E-state index in [9.17, 15) is 0 Å². The standard InChI is InChI=1S/C21H25N3/c1-24(2)16-17-7-9-19(10-8-17)21-6-4-3-5-20(21)15-23-14-18-11-12-22-13-18/h3-13,22-23H,14-16H2,1-2H3. The second kappa shape index (κ2) is 7.95. The van der Waals surface area contributed by atoms with E-state index in [2.05, 4.69) is 83.9 Å². The summed E-state index contributed by atoms with van der Waals surface area (Å²) in [5.74, 6) is 0. The molecule has 0 spiro atoms. The van der Waals surface area contributed by atoms with Gasteiger partial charge in [0.15, 0.2) is 0 Å². The summed E-state index contributed by atoms with van der Waals surface area (Å²) in [5.41, 5.74) is 6.52. The monoisotopic (exact) mass is 319 g/mol. The van der Waals surface area contributed by atoms with E-state index in [-0.39, 0.29) is 0 Å². The summed E-state index contributed by atoms with van der Waals surface area (Å²) < 4.78 is 0. The predicted molar refractivity (Wildman–Crippen MR) is 101 cm³/mol. The Morgan fingerprint density at radius 2 is 1.67 bits per heavy atom. The molecule has 0 bridgehead atoms. The summed E-state index contributed by atoms with van der Waals surface area (Å²) in [5, 5.41) is 3.53. The fourth-order valence-electron chi connectivity index (χ4n) is 2.92. The molecular formula is C21H25N3. The molecule has 124 valence electrons. The van der Waals surface area contributed by atoms with Gasteiger partial charge in [0.1, 0.15) is 0 Å². The molecule has 1 heterocycles. The van der Waals surface area contributed by atoms with Gasteiger partial charge < -0.3 is 15.2 Å². The third kappa shape index (κ3) is 4.34. The molecule has 0 atom stereocenters. The molecule has 3 nitrogen and oxygen atoms in total. The minimum atomic E-state index is 0.862. The van der Waals surface area contributed by atoms with Crippen molar-refractivity contribution in [1.29, 1.82) is 0 Å². The Balaban J connectivity index is 1.71. The zero-order valence-electron chi connectivity index (χ0n) is 14.4. The lowest BCUT2D eigenvalue weighted by Gasteiger charge is -2.13. The van der Waals surface area contributed by atoms with Gasteiger partial charge in [-0.1, -0.05) is 48.5 Å². The van der Waals surface area contributed by atoms with Crippen LogP contribution >= 0.6 is 0 Å². The van der Waals surface area contributed by atoms with Gasteiger partial charge in [0.25, 0.3) is 0 Å². The summed E-state index contributed by atoms with van der Waals surface area (Å²) in [4.78, 5) is 5.28. The van der Waals surface area contributed by atoms with E-state index in [1.54, 1.807) is 0 Å². The third-order valence-electron chi connectivity index (χ3n) is 4.09. The van der Waals surface area contributed by atoms with Gasteiger partial charge in [-0.05, 0) is 48.0 Å². The minimum absolute atomic E-state index is 0.862. The second-order valence-corrected chi connectivity index (χ2v) is 6.41. The molecule has 0 aliphatic rings. The zero-order chi connectivity index (χ0) is 16.8. The molecule has 0 saturated carbocycles. The lowest BCUT2D eigenvalue weighted by atomic mass is 9.98. The molecule has 0 saturated heterocycles. The van der Waals surface area contributed by atoms with E-state index in [0.29, 0.717) is 0 Å². The average Bonchev–Trinajstić information content (AvgIpc) is 3.09. The van der Waals surface area contributed by atoms with Gasteiger partial charge in [0, 0.05) is 32.0 Å². The number of aromatic nitrogens is 1. The molecular weight excluding hydrogens is 294 g/mol. The van der Waals surface area contributed by atoms with E-state index in [4.69, 9.17) is 0 Å². The van der Waals surface area contributed by atoms with Crippen LogP contribution in [0.25, 0.3) is 11.1 Å². The van der Waals surface area contributed by atoms with Crippen LogP contribution in [0, 0.1) is 0 Å². The highest BCUT2D eigenvalue weighted by Gasteiger charge is 2.05. The van der Waals surface area contributed by atoms with Crippen molar-refractivity contribution in [3.63, 3.8) is 0 Å². The molecule has 24 heavy (non-hydrogen) atoms. The number of H-pyrrole nitrogens is 1. The van der Waals surface area contributed by atoms with Crippen LogP contribution < -0.4 is 5.32 Å². The maximum atomic E-state index is 3.53. The quantitative estimate of drug-likeness (QED) is 0.689. The summed E-state index contributed by atoms with van der Waals surface area (Å²) in [7, 11) is 4.19. The SMILES string of the molecule is CN(C)Cc1ccc(-c2ccccc2CNCc2cc[nH]c2)cc1. The van der Waals surface area contributed by atoms with E-state index < -0.39 is 0 Å². The van der Waals surface area contributed by atoms with Crippen LogP contribution in [0.3, 0.4) is 0 Å². The number of benzene rings is 2. The molecule has 0 unspecified atom stereocenters. The van der Waals surface area contributed by atoms with Crippen molar-refractivity contribution in [1.82, 2.24) is 15.2 Å². The first-order chi connectivity index (χ1) is 11.7. The Kier molecular flexibility index (Phi) is 5.47. The summed E-state index contributed by atoms with van der Waals surface area (Å²) in [6, 6.07) is 19.6. The number of hydrogen-bond donors (Lipinski definition) is 2. The molecule has 0 aliphatic heterocycles. The highest BCUT2D eigenvalue weighted by molar-refractivity contribution is 5.67. The third-order valence-corrected chi connectivity index (χ3v) is 4.09. The zero-order valence-corrected chi connectivity index (χ0v) is 14.4. The number of aromatic amines is 1. The van der Waals surface area contributed by atoms with Gasteiger partial charge >= 0.3 is 0 Å². The fraction of sp³-hybridized carbons (Fsp3) is 0.238. The molecule has 0 aliphatic carbocycles. The summed E-state index contributed by atoms with van der Waals surface area (Å²) >= 11 is 0. The van der Waals surface area contributed by atoms with E-state index in [1.165, 1.54) is 27.8 Å². The van der Waals surface area contributed by atoms with E-state index >= 15 is 0 Å². The van der Waals surface area contributed by atoms with E-state index in [1.807, 2.05) is 12.4 Å². The van der Waals surface area contributed by atoms with Crippen molar-refractivity contribution < 1.29 is 0 Å². The van der Waals surface area contributed by atoms with Gasteiger partial charge in [-0.2, -0.15) is 0 Å². The normalized spacial score (nSPS) is 11.1. The first-order valence-corrected chi connectivity index (χ1v) is 8.37. The number of nitrogens with one attached hydrogen (secondary N) is 2. The van der Waals surface area contributed by atoms with Crippen LogP contribution in [-0.4, -0.2) is 24.0 Å². The highest BCUT2D eigenvalue weighted by Crippen LogP contribution is 2.24. The molecule has 0 fully saturated rings. The molecule has 0 amide bonds. The molecule has 3 heteroatoms. The van der Waals surface area contributed by atoms with Crippen LogP contribution in [0.5, 0.6) is 0 Å². The Morgan fingerprint density at radius 1 is 0.875 bits per heavy atom. The lowest BCUT2D eigenvalue weighted by Crippen LogP contribution is -2.13. The van der Waals surface area contributed by atoms with Gasteiger partial charge in [0.05, 0.1) is 0 Å². The maximum absolute atomic E-state index is 3.53. The highest BCUT2D eigenvalue weighted by atomic mass is 15.0. The smallest absolute Gasteiger partial charge is 0.0227 e. The van der Waals surface area contributed by atoms with Crippen LogP contribution in [0.2, 0.25) is 0 Å². The average molecular weight is 319 g/mol. The van der Waals surface area contributed by atoms with Crippen LogP contribution in [-0.2, 0) is 19.6 Å². The van der Waals surface area contributed by atoms with Gasteiger partial charge in [-0.15, -0.1) is 0 Å². The van der Waals surface area contributed by atoms with Crippen molar-refractivity contribution >= 4 is 0 Å². The number of hydrogen-bond acceptors (Lipinski definition) is 2. The van der Waals surface area contributed by atoms with Crippen molar-refractivity contribution in [3.8, 4) is 11.1 Å². The van der Waals surface area contributed by atoms with Crippen molar-refractivity contribution in [2.24, 2.45) is 0 Å². The Bertz CT molecular complexity index is 743. The van der Waals surface area contributed by atoms with Crippen LogP contribution in [0.1, 0.15) is 16.7 Å². The van der Waals surface area contributed by atoms with Crippen molar-refractivity contribution in [2.45, 2.75) is 19.6 Å². The first-order valence-electron chi connectivity index (χ1n) is 8.37. The Morgan fingerprint density at radius 3 is 2.38 bits per heavy atom. The van der Waals surface area contributed by atoms with Gasteiger partial charge in [-0.3, -0.25) is 0 Å². The van der Waals surface area contributed by atoms with Crippen LogP contribution in [0.15, 0.2) is 67.0 Å².